The summed E-state index contributed by atoms with van der Waals surface area (Å²) < 4.78 is 23.6. The topological polar surface area (TPSA) is 108 Å². The van der Waals surface area contributed by atoms with Crippen molar-refractivity contribution in [2.45, 2.75) is 437 Å². The predicted molar refractivity (Wildman–Crippen MR) is 395 cm³/mol. The quantitative estimate of drug-likeness (QED) is 0.0272. The highest BCUT2D eigenvalue weighted by molar-refractivity contribution is 7.45. The number of aliphatic hydroxyl groups is 1. The van der Waals surface area contributed by atoms with Gasteiger partial charge in [0.1, 0.15) is 13.2 Å². The zero-order valence-electron chi connectivity index (χ0n) is 61.4. The molecule has 3 atom stereocenters. The molecule has 9 heteroatoms. The van der Waals surface area contributed by atoms with Gasteiger partial charge in [0.25, 0.3) is 7.82 Å². The van der Waals surface area contributed by atoms with Gasteiger partial charge in [-0.3, -0.25) is 9.36 Å². The number of likely N-dealkylation sites (N-methyl/N-ethyl adjacent to an activating group) is 1. The number of rotatable bonds is 76. The lowest BCUT2D eigenvalue weighted by Gasteiger charge is -2.30. The van der Waals surface area contributed by atoms with Crippen LogP contribution in [0.15, 0.2) is 36.5 Å². The van der Waals surface area contributed by atoms with Crippen molar-refractivity contribution < 1.29 is 32.9 Å². The van der Waals surface area contributed by atoms with E-state index in [0.717, 1.165) is 51.4 Å². The lowest BCUT2D eigenvalue weighted by Crippen LogP contribution is -2.46. The second-order valence-electron chi connectivity index (χ2n) is 29.1. The number of carbonyl (C=O) groups is 1. The number of nitrogens with zero attached hydrogens (tertiary/aromatic N) is 1. The zero-order valence-corrected chi connectivity index (χ0v) is 62.3. The van der Waals surface area contributed by atoms with Gasteiger partial charge in [-0.25, -0.2) is 0 Å². The van der Waals surface area contributed by atoms with E-state index in [2.05, 4.69) is 55.6 Å². The van der Waals surface area contributed by atoms with Gasteiger partial charge in [0.05, 0.1) is 39.9 Å². The lowest BCUT2D eigenvalue weighted by atomic mass is 10.0. The molecule has 0 heterocycles. The van der Waals surface area contributed by atoms with E-state index in [-0.39, 0.29) is 19.1 Å². The van der Waals surface area contributed by atoms with Crippen molar-refractivity contribution in [3.63, 3.8) is 0 Å². The number of carbonyl (C=O) groups excluding carboxylic acids is 1. The highest BCUT2D eigenvalue weighted by atomic mass is 31.2. The Labute approximate surface area is 563 Å². The molecule has 2 N–H and O–H groups in total. The Balaban J connectivity index is 3.88. The Hall–Kier alpha value is -1.28. The number of phosphoric acid groups is 1. The molecular weight excluding hydrogens is 1130 g/mol. The number of amides is 1. The average Bonchev–Trinajstić information content (AvgIpc) is 3.09. The van der Waals surface area contributed by atoms with Crippen LogP contribution in [0.25, 0.3) is 0 Å². The van der Waals surface area contributed by atoms with Crippen molar-refractivity contribution >= 4 is 13.7 Å². The molecule has 0 radical (unpaired) electrons. The molecule has 0 aromatic carbocycles. The van der Waals surface area contributed by atoms with Gasteiger partial charge in [0.2, 0.25) is 5.91 Å². The number of unbranched alkanes of at least 4 members (excludes halogenated alkanes) is 57. The molecule has 0 rings (SSSR count). The fourth-order valence-corrected chi connectivity index (χ4v) is 13.4. The first-order valence-electron chi connectivity index (χ1n) is 40.3. The summed E-state index contributed by atoms with van der Waals surface area (Å²) in [4.78, 5) is 25.7. The standard InChI is InChI=1S/C81H159N2O6P/c1-6-8-10-12-14-16-18-20-22-24-26-28-30-32-34-35-36-37-38-39-40-41-42-43-44-45-46-47-49-51-53-55-57-59-61-63-65-67-69-71-73-75-81(85)82-79(78-89-90(86,87)88-77-76-83(3,4)5)80(84)74-72-70-68-66-64-62-60-58-56-54-52-50-48-33-31-29-27-25-23-21-19-17-15-13-11-9-7-2/h18,20,24,26,30,32,79-80,84H,6-17,19,21-23,25,27-29,31,33-78H2,1-5H3,(H-,82,85,86,87)/b20-18-,26-24-,32-30-. The Morgan fingerprint density at radius 3 is 0.933 bits per heavy atom. The molecule has 0 aromatic heterocycles. The van der Waals surface area contributed by atoms with Crippen molar-refractivity contribution in [2.75, 3.05) is 40.9 Å². The van der Waals surface area contributed by atoms with Gasteiger partial charge >= 0.3 is 0 Å². The fourth-order valence-electron chi connectivity index (χ4n) is 12.6. The first-order valence-corrected chi connectivity index (χ1v) is 41.8. The number of hydrogen-bond acceptors (Lipinski definition) is 6. The molecule has 0 aliphatic rings. The van der Waals surface area contributed by atoms with Gasteiger partial charge in [-0.2, -0.15) is 0 Å². The summed E-state index contributed by atoms with van der Waals surface area (Å²) in [6, 6.07) is -0.800. The van der Waals surface area contributed by atoms with E-state index in [1.807, 2.05) is 21.1 Å². The number of aliphatic hydroxyl groups excluding tert-OH is 1. The van der Waals surface area contributed by atoms with Crippen molar-refractivity contribution in [3.05, 3.63) is 36.5 Å². The molecule has 8 nitrogen and oxygen atoms in total. The molecule has 90 heavy (non-hydrogen) atoms. The van der Waals surface area contributed by atoms with Crippen LogP contribution in [0.4, 0.5) is 0 Å². The van der Waals surface area contributed by atoms with Crippen LogP contribution in [0.2, 0.25) is 0 Å². The minimum absolute atomic E-state index is 0.0153. The largest absolute Gasteiger partial charge is 0.756 e. The number of quaternary nitrogens is 1. The molecule has 0 bridgehead atoms. The summed E-state index contributed by atoms with van der Waals surface area (Å²) in [5.74, 6) is -0.154. The average molecular weight is 1290 g/mol. The van der Waals surface area contributed by atoms with Gasteiger partial charge in [-0.1, -0.05) is 403 Å². The smallest absolute Gasteiger partial charge is 0.268 e. The van der Waals surface area contributed by atoms with Crippen LogP contribution in [0.3, 0.4) is 0 Å². The zero-order chi connectivity index (χ0) is 65.5. The third-order valence-electron chi connectivity index (χ3n) is 18.9. The summed E-state index contributed by atoms with van der Waals surface area (Å²) in [5, 5.41) is 14.1. The summed E-state index contributed by atoms with van der Waals surface area (Å²) in [5.41, 5.74) is 0. The first-order chi connectivity index (χ1) is 44.0. The fraction of sp³-hybridized carbons (Fsp3) is 0.914. The highest BCUT2D eigenvalue weighted by Crippen LogP contribution is 2.38. The van der Waals surface area contributed by atoms with Crippen LogP contribution in [0.5, 0.6) is 0 Å². The van der Waals surface area contributed by atoms with Gasteiger partial charge < -0.3 is 28.8 Å². The summed E-state index contributed by atoms with van der Waals surface area (Å²) in [6.07, 6.45) is 97.0. The van der Waals surface area contributed by atoms with Crippen LogP contribution in [-0.4, -0.2) is 68.5 Å². The molecule has 0 aromatic rings. The summed E-state index contributed by atoms with van der Waals surface area (Å²) in [6.45, 7) is 4.78. The summed E-state index contributed by atoms with van der Waals surface area (Å²) >= 11 is 0. The molecule has 0 saturated carbocycles. The van der Waals surface area contributed by atoms with Crippen molar-refractivity contribution in [1.82, 2.24) is 5.32 Å². The molecule has 0 aliphatic heterocycles. The third-order valence-corrected chi connectivity index (χ3v) is 19.8. The van der Waals surface area contributed by atoms with Crippen LogP contribution < -0.4 is 10.2 Å². The first kappa shape index (κ1) is 88.7. The van der Waals surface area contributed by atoms with Crippen LogP contribution >= 0.6 is 7.82 Å². The minimum atomic E-state index is -4.58. The Bertz CT molecular complexity index is 1560. The van der Waals surface area contributed by atoms with Crippen molar-refractivity contribution in [1.29, 1.82) is 0 Å². The van der Waals surface area contributed by atoms with E-state index in [9.17, 15) is 19.4 Å². The molecule has 0 aliphatic carbocycles. The number of nitrogens with one attached hydrogen (secondary N) is 1. The van der Waals surface area contributed by atoms with E-state index in [1.165, 1.54) is 347 Å². The van der Waals surface area contributed by atoms with Gasteiger partial charge in [-0.05, 0) is 51.4 Å². The molecule has 3 unspecified atom stereocenters. The van der Waals surface area contributed by atoms with Crippen LogP contribution in [0, 0.1) is 0 Å². The molecule has 0 fully saturated rings. The molecule has 534 valence electrons. The molecule has 0 spiro atoms. The normalized spacial score (nSPS) is 13.6. The SMILES string of the molecule is CCCCCCC/C=C\C/C=C\C/C=C\CCCCCCCCCCCCCCCCCCCCCCCCCCCCC(=O)NC(COP(=O)([O-])OCC[N+](C)(C)C)C(O)CCCCCCCCCCCCCCCCCCCCCCCCCCCCC. The Morgan fingerprint density at radius 2 is 0.644 bits per heavy atom. The Morgan fingerprint density at radius 1 is 0.389 bits per heavy atom. The maximum atomic E-state index is 13.1. The monoisotopic (exact) mass is 1290 g/mol. The minimum Gasteiger partial charge on any atom is -0.756 e. The van der Waals surface area contributed by atoms with E-state index in [1.54, 1.807) is 0 Å². The van der Waals surface area contributed by atoms with Gasteiger partial charge in [0, 0.05) is 6.42 Å². The maximum absolute atomic E-state index is 13.1. The number of hydrogen-bond donors (Lipinski definition) is 2. The number of phosphoric ester groups is 1. The van der Waals surface area contributed by atoms with Crippen LogP contribution in [0.1, 0.15) is 425 Å². The van der Waals surface area contributed by atoms with Crippen molar-refractivity contribution in [3.8, 4) is 0 Å². The second kappa shape index (κ2) is 72.0. The number of allylic oxidation sites excluding steroid dienone is 6. The van der Waals surface area contributed by atoms with E-state index >= 15 is 0 Å². The van der Waals surface area contributed by atoms with Crippen molar-refractivity contribution in [2.24, 2.45) is 0 Å². The van der Waals surface area contributed by atoms with E-state index < -0.39 is 20.0 Å². The van der Waals surface area contributed by atoms with Gasteiger partial charge in [0.15, 0.2) is 0 Å². The lowest BCUT2D eigenvalue weighted by molar-refractivity contribution is -0.870. The Kier molecular flexibility index (Phi) is 71.0. The predicted octanol–water partition coefficient (Wildman–Crippen LogP) is 25.7. The van der Waals surface area contributed by atoms with Gasteiger partial charge in [-0.15, -0.1) is 0 Å². The van der Waals surface area contributed by atoms with E-state index in [0.29, 0.717) is 23.9 Å². The maximum Gasteiger partial charge on any atom is 0.268 e. The second-order valence-corrected chi connectivity index (χ2v) is 30.5. The van der Waals surface area contributed by atoms with E-state index in [4.69, 9.17) is 9.05 Å². The van der Waals surface area contributed by atoms with Crippen LogP contribution in [-0.2, 0) is 18.4 Å². The molecule has 1 amide bonds. The molecule has 0 saturated heterocycles. The summed E-state index contributed by atoms with van der Waals surface area (Å²) in [7, 11) is 1.33. The third kappa shape index (κ3) is 74.1. The molecular formula is C81H159N2O6P. The highest BCUT2D eigenvalue weighted by Gasteiger charge is 2.24.